The van der Waals surface area contributed by atoms with Crippen molar-refractivity contribution in [1.82, 2.24) is 10.3 Å². The van der Waals surface area contributed by atoms with Gasteiger partial charge in [0.15, 0.2) is 0 Å². The van der Waals surface area contributed by atoms with Crippen molar-refractivity contribution < 1.29 is 9.53 Å². The van der Waals surface area contributed by atoms with E-state index in [4.69, 9.17) is 22.1 Å². The van der Waals surface area contributed by atoms with Crippen LogP contribution in [0, 0.1) is 0 Å². The highest BCUT2D eigenvalue weighted by Gasteiger charge is 2.08. The number of aromatic nitrogens is 1. The topological polar surface area (TPSA) is 77.2 Å². The first-order valence-corrected chi connectivity index (χ1v) is 6.30. The second-order valence-corrected chi connectivity index (χ2v) is 4.52. The summed E-state index contributed by atoms with van der Waals surface area (Å²) in [5, 5.41) is 2.98. The van der Waals surface area contributed by atoms with Crippen LogP contribution in [-0.2, 0) is 6.54 Å². The van der Waals surface area contributed by atoms with Gasteiger partial charge >= 0.3 is 0 Å². The summed E-state index contributed by atoms with van der Waals surface area (Å²) in [6.45, 7) is 0.405. The van der Waals surface area contributed by atoms with Gasteiger partial charge < -0.3 is 15.8 Å². The predicted octanol–water partition coefficient (Wildman–Crippen LogP) is 2.26. The number of nitrogens with two attached hydrogens (primary N) is 1. The molecule has 6 heteroatoms. The Morgan fingerprint density at radius 3 is 2.65 bits per heavy atom. The van der Waals surface area contributed by atoms with Crippen LogP contribution in [0.5, 0.6) is 5.75 Å². The lowest BCUT2D eigenvalue weighted by atomic mass is 10.2. The summed E-state index contributed by atoms with van der Waals surface area (Å²) in [5.74, 6) is 0.734. The number of pyridine rings is 1. The Morgan fingerprint density at radius 1 is 1.35 bits per heavy atom. The number of anilines is 1. The average Bonchev–Trinajstić information content (AvgIpc) is 2.44. The molecule has 0 aliphatic heterocycles. The molecule has 2 aromatic rings. The molecule has 20 heavy (non-hydrogen) atoms. The van der Waals surface area contributed by atoms with Crippen LogP contribution >= 0.6 is 11.6 Å². The van der Waals surface area contributed by atoms with E-state index in [1.54, 1.807) is 7.11 Å². The second-order valence-electron chi connectivity index (χ2n) is 4.13. The largest absolute Gasteiger partial charge is 0.497 e. The highest BCUT2D eigenvalue weighted by molar-refractivity contribution is 6.29. The summed E-state index contributed by atoms with van der Waals surface area (Å²) in [5.41, 5.74) is 6.90. The van der Waals surface area contributed by atoms with Crippen LogP contribution in [0.3, 0.4) is 0 Å². The Kier molecular flexibility index (Phi) is 4.42. The van der Waals surface area contributed by atoms with Gasteiger partial charge in [-0.15, -0.1) is 0 Å². The summed E-state index contributed by atoms with van der Waals surface area (Å²) in [6.07, 6.45) is 0. The molecule has 0 aliphatic rings. The van der Waals surface area contributed by atoms with E-state index in [9.17, 15) is 4.79 Å². The minimum absolute atomic E-state index is 0.194. The summed E-state index contributed by atoms with van der Waals surface area (Å²) < 4.78 is 5.07. The van der Waals surface area contributed by atoms with Crippen molar-refractivity contribution in [3.8, 4) is 5.75 Å². The van der Waals surface area contributed by atoms with Crippen LogP contribution in [0.4, 0.5) is 5.82 Å². The third kappa shape index (κ3) is 3.61. The van der Waals surface area contributed by atoms with E-state index in [1.807, 2.05) is 24.3 Å². The number of rotatable bonds is 4. The number of carbonyl (C=O) groups excluding carboxylic acids is 1. The SMILES string of the molecule is COc1ccc(CNC(=O)c2cc(N)nc(Cl)c2)cc1. The van der Waals surface area contributed by atoms with E-state index in [-0.39, 0.29) is 16.9 Å². The molecule has 3 N–H and O–H groups in total. The van der Waals surface area contributed by atoms with Gasteiger partial charge in [-0.2, -0.15) is 0 Å². The van der Waals surface area contributed by atoms with Crippen molar-refractivity contribution in [2.75, 3.05) is 12.8 Å². The zero-order valence-corrected chi connectivity index (χ0v) is 11.6. The number of carbonyl (C=O) groups is 1. The van der Waals surface area contributed by atoms with Crippen LogP contribution in [0.2, 0.25) is 5.15 Å². The third-order valence-corrected chi connectivity index (χ3v) is 2.88. The van der Waals surface area contributed by atoms with Crippen LogP contribution < -0.4 is 15.8 Å². The van der Waals surface area contributed by atoms with E-state index < -0.39 is 0 Å². The second kappa shape index (κ2) is 6.25. The van der Waals surface area contributed by atoms with Crippen LogP contribution in [-0.4, -0.2) is 18.0 Å². The number of halogens is 1. The highest BCUT2D eigenvalue weighted by atomic mass is 35.5. The number of ether oxygens (including phenoxy) is 1. The summed E-state index contributed by atoms with van der Waals surface area (Å²) >= 11 is 5.76. The molecular weight excluding hydrogens is 278 g/mol. The molecule has 5 nitrogen and oxygen atoms in total. The summed E-state index contributed by atoms with van der Waals surface area (Å²) in [6, 6.07) is 10.4. The lowest BCUT2D eigenvalue weighted by Crippen LogP contribution is -2.23. The first kappa shape index (κ1) is 14.1. The van der Waals surface area contributed by atoms with Crippen molar-refractivity contribution in [2.24, 2.45) is 0 Å². The van der Waals surface area contributed by atoms with Crippen molar-refractivity contribution in [3.05, 3.63) is 52.7 Å². The van der Waals surface area contributed by atoms with Gasteiger partial charge in [0.1, 0.15) is 16.7 Å². The minimum atomic E-state index is -0.253. The van der Waals surface area contributed by atoms with E-state index in [0.717, 1.165) is 11.3 Å². The van der Waals surface area contributed by atoms with Gasteiger partial charge in [0.2, 0.25) is 0 Å². The molecule has 1 aromatic heterocycles. The molecule has 0 atom stereocenters. The fraction of sp³-hybridized carbons (Fsp3) is 0.143. The number of benzene rings is 1. The fourth-order valence-electron chi connectivity index (χ4n) is 1.68. The number of hydrogen-bond donors (Lipinski definition) is 2. The van der Waals surface area contributed by atoms with Crippen LogP contribution in [0.15, 0.2) is 36.4 Å². The fourth-order valence-corrected chi connectivity index (χ4v) is 1.89. The van der Waals surface area contributed by atoms with Crippen molar-refractivity contribution in [1.29, 1.82) is 0 Å². The molecule has 0 fully saturated rings. The number of nitrogens with one attached hydrogen (secondary N) is 1. The lowest BCUT2D eigenvalue weighted by Gasteiger charge is -2.07. The molecule has 0 radical (unpaired) electrons. The van der Waals surface area contributed by atoms with Gasteiger partial charge in [0.25, 0.3) is 5.91 Å². The Bertz CT molecular complexity index is 594. The van der Waals surface area contributed by atoms with Crippen LogP contribution in [0.1, 0.15) is 15.9 Å². The first-order valence-electron chi connectivity index (χ1n) is 5.92. The third-order valence-electron chi connectivity index (χ3n) is 2.69. The van der Waals surface area contributed by atoms with Gasteiger partial charge in [0, 0.05) is 12.1 Å². The zero-order chi connectivity index (χ0) is 14.5. The van der Waals surface area contributed by atoms with Gasteiger partial charge in [-0.25, -0.2) is 4.98 Å². The molecule has 104 valence electrons. The van der Waals surface area contributed by atoms with Gasteiger partial charge in [0.05, 0.1) is 7.11 Å². The molecule has 0 bridgehead atoms. The highest BCUT2D eigenvalue weighted by Crippen LogP contribution is 2.13. The predicted molar refractivity (Wildman–Crippen MR) is 77.8 cm³/mol. The Hall–Kier alpha value is -2.27. The summed E-state index contributed by atoms with van der Waals surface area (Å²) in [7, 11) is 1.61. The molecule has 1 aromatic carbocycles. The van der Waals surface area contributed by atoms with E-state index in [2.05, 4.69) is 10.3 Å². The molecule has 2 rings (SSSR count). The van der Waals surface area contributed by atoms with Gasteiger partial charge in [-0.3, -0.25) is 4.79 Å². The van der Waals surface area contributed by atoms with Crippen molar-refractivity contribution in [3.63, 3.8) is 0 Å². The Balaban J connectivity index is 2.00. The monoisotopic (exact) mass is 291 g/mol. The molecule has 0 saturated heterocycles. The van der Waals surface area contributed by atoms with Gasteiger partial charge in [-0.05, 0) is 29.8 Å². The number of methoxy groups -OCH3 is 1. The quantitative estimate of drug-likeness (QED) is 0.847. The number of amides is 1. The smallest absolute Gasteiger partial charge is 0.251 e. The van der Waals surface area contributed by atoms with Gasteiger partial charge in [-0.1, -0.05) is 23.7 Å². The maximum absolute atomic E-state index is 12.0. The first-order chi connectivity index (χ1) is 9.58. The summed E-state index contributed by atoms with van der Waals surface area (Å²) in [4.78, 5) is 15.8. The molecular formula is C14H14ClN3O2. The molecule has 0 aliphatic carbocycles. The number of nitrogen functional groups attached to an aromatic ring is 1. The molecule has 0 unspecified atom stereocenters. The normalized spacial score (nSPS) is 10.1. The van der Waals surface area contributed by atoms with Crippen LogP contribution in [0.25, 0.3) is 0 Å². The molecule has 1 heterocycles. The van der Waals surface area contributed by atoms with E-state index >= 15 is 0 Å². The maximum Gasteiger partial charge on any atom is 0.251 e. The molecule has 0 saturated carbocycles. The van der Waals surface area contributed by atoms with Crippen molar-refractivity contribution in [2.45, 2.75) is 6.54 Å². The minimum Gasteiger partial charge on any atom is -0.497 e. The Labute approximate surface area is 121 Å². The lowest BCUT2D eigenvalue weighted by molar-refractivity contribution is 0.0951. The van der Waals surface area contributed by atoms with E-state index in [1.165, 1.54) is 12.1 Å². The molecule has 0 spiro atoms. The Morgan fingerprint density at radius 2 is 2.05 bits per heavy atom. The molecule has 1 amide bonds. The number of nitrogens with zero attached hydrogens (tertiary/aromatic N) is 1. The standard InChI is InChI=1S/C14H14ClN3O2/c1-20-11-4-2-9(3-5-11)8-17-14(19)10-6-12(15)18-13(16)7-10/h2-7H,8H2,1H3,(H2,16,18)(H,17,19). The maximum atomic E-state index is 12.0. The van der Waals surface area contributed by atoms with E-state index in [0.29, 0.717) is 12.1 Å². The average molecular weight is 292 g/mol. The zero-order valence-electron chi connectivity index (χ0n) is 10.9. The van der Waals surface area contributed by atoms with Crippen molar-refractivity contribution >= 4 is 23.3 Å². The number of hydrogen-bond acceptors (Lipinski definition) is 4.